The number of amides is 2. The van der Waals surface area contributed by atoms with Gasteiger partial charge in [-0.05, 0) is 30.5 Å². The average molecular weight is 311 g/mol. The van der Waals surface area contributed by atoms with Gasteiger partial charge in [-0.25, -0.2) is 0 Å². The van der Waals surface area contributed by atoms with Crippen LogP contribution in [-0.4, -0.2) is 36.3 Å². The van der Waals surface area contributed by atoms with Gasteiger partial charge in [0.15, 0.2) is 0 Å². The molecule has 0 aliphatic heterocycles. The van der Waals surface area contributed by atoms with Gasteiger partial charge in [0.25, 0.3) is 0 Å². The van der Waals surface area contributed by atoms with E-state index in [4.69, 9.17) is 11.6 Å². The third-order valence-corrected chi connectivity index (χ3v) is 3.31. The lowest BCUT2D eigenvalue weighted by Gasteiger charge is -2.21. The Morgan fingerprint density at radius 2 is 1.67 bits per heavy atom. The van der Waals surface area contributed by atoms with Crippen molar-refractivity contribution < 1.29 is 9.59 Å². The molecule has 0 heterocycles. The minimum Gasteiger partial charge on any atom is -0.347 e. The van der Waals surface area contributed by atoms with E-state index in [1.807, 2.05) is 26.0 Å². The lowest BCUT2D eigenvalue weighted by Crippen LogP contribution is -2.41. The monoisotopic (exact) mass is 310 g/mol. The molecule has 4 nitrogen and oxygen atoms in total. The third-order valence-electron chi connectivity index (χ3n) is 3.05. The number of halogens is 1. The van der Waals surface area contributed by atoms with Crippen LogP contribution in [0, 0.1) is 0 Å². The van der Waals surface area contributed by atoms with Crippen molar-refractivity contribution in [2.75, 3.05) is 19.6 Å². The van der Waals surface area contributed by atoms with Crippen molar-refractivity contribution >= 4 is 23.4 Å². The number of benzene rings is 1. The summed E-state index contributed by atoms with van der Waals surface area (Å²) in [6.45, 7) is 5.61. The molecule has 0 bridgehead atoms. The van der Waals surface area contributed by atoms with Crippen molar-refractivity contribution in [2.45, 2.75) is 33.1 Å². The minimum atomic E-state index is -0.154. The molecule has 0 saturated carbocycles. The fourth-order valence-electron chi connectivity index (χ4n) is 2.04. The maximum absolute atomic E-state index is 12.0. The van der Waals surface area contributed by atoms with E-state index in [-0.39, 0.29) is 24.8 Å². The van der Waals surface area contributed by atoms with Crippen molar-refractivity contribution in [3.63, 3.8) is 0 Å². The molecule has 1 rings (SSSR count). The molecule has 0 unspecified atom stereocenters. The Balaban J connectivity index is 2.40. The molecule has 21 heavy (non-hydrogen) atoms. The predicted octanol–water partition coefficient (Wildman–Crippen LogP) is 2.65. The van der Waals surface area contributed by atoms with E-state index < -0.39 is 0 Å². The van der Waals surface area contributed by atoms with Crippen molar-refractivity contribution in [1.82, 2.24) is 10.2 Å². The molecule has 0 radical (unpaired) electrons. The van der Waals surface area contributed by atoms with E-state index in [9.17, 15) is 9.59 Å². The quantitative estimate of drug-likeness (QED) is 0.802. The molecule has 0 fully saturated rings. The van der Waals surface area contributed by atoms with Gasteiger partial charge >= 0.3 is 0 Å². The van der Waals surface area contributed by atoms with Crippen molar-refractivity contribution in [3.8, 4) is 0 Å². The molecule has 5 heteroatoms. The summed E-state index contributed by atoms with van der Waals surface area (Å²) in [5.41, 5.74) is 0.878. The summed E-state index contributed by atoms with van der Waals surface area (Å²) in [7, 11) is 0. The minimum absolute atomic E-state index is 0.0249. The van der Waals surface area contributed by atoms with Crippen molar-refractivity contribution in [1.29, 1.82) is 0 Å². The number of nitrogens with zero attached hydrogens (tertiary/aromatic N) is 1. The van der Waals surface area contributed by atoms with Crippen LogP contribution in [0.25, 0.3) is 0 Å². The van der Waals surface area contributed by atoms with Crippen LogP contribution >= 0.6 is 11.6 Å². The molecule has 0 aliphatic rings. The summed E-state index contributed by atoms with van der Waals surface area (Å²) >= 11 is 5.79. The van der Waals surface area contributed by atoms with Crippen LogP contribution in [0.5, 0.6) is 0 Å². The zero-order valence-corrected chi connectivity index (χ0v) is 13.4. The highest BCUT2D eigenvalue weighted by atomic mass is 35.5. The van der Waals surface area contributed by atoms with E-state index in [0.717, 1.165) is 31.5 Å². The molecular weight excluding hydrogens is 288 g/mol. The second kappa shape index (κ2) is 9.40. The standard InChI is InChI=1S/C16H23ClN2O2/c1-3-9-19(10-4-2)16(21)12-18-15(20)11-13-5-7-14(17)8-6-13/h5-8H,3-4,9-12H2,1-2H3,(H,18,20). The summed E-state index contributed by atoms with van der Waals surface area (Å²) in [5, 5.41) is 3.32. The largest absolute Gasteiger partial charge is 0.347 e. The molecule has 0 aliphatic carbocycles. The normalized spacial score (nSPS) is 10.2. The molecule has 1 N–H and O–H groups in total. The lowest BCUT2D eigenvalue weighted by molar-refractivity contribution is -0.132. The fourth-order valence-corrected chi connectivity index (χ4v) is 2.16. The van der Waals surface area contributed by atoms with Gasteiger partial charge in [-0.15, -0.1) is 0 Å². The Hall–Kier alpha value is -1.55. The van der Waals surface area contributed by atoms with Gasteiger partial charge < -0.3 is 10.2 Å². The van der Waals surface area contributed by atoms with Crippen LogP contribution in [-0.2, 0) is 16.0 Å². The van der Waals surface area contributed by atoms with E-state index in [1.165, 1.54) is 0 Å². The summed E-state index contributed by atoms with van der Waals surface area (Å²) < 4.78 is 0. The van der Waals surface area contributed by atoms with E-state index in [0.29, 0.717) is 5.02 Å². The van der Waals surface area contributed by atoms with Crippen LogP contribution in [0.2, 0.25) is 5.02 Å². The highest BCUT2D eigenvalue weighted by Gasteiger charge is 2.12. The van der Waals surface area contributed by atoms with Gasteiger partial charge in [0, 0.05) is 18.1 Å². The number of rotatable bonds is 8. The Morgan fingerprint density at radius 1 is 1.10 bits per heavy atom. The molecule has 2 amide bonds. The van der Waals surface area contributed by atoms with Gasteiger partial charge in [-0.1, -0.05) is 37.6 Å². The molecule has 1 aromatic rings. The number of carbonyl (C=O) groups is 2. The summed E-state index contributed by atoms with van der Waals surface area (Å²) in [4.78, 5) is 25.6. The highest BCUT2D eigenvalue weighted by molar-refractivity contribution is 6.30. The molecule has 0 spiro atoms. The smallest absolute Gasteiger partial charge is 0.241 e. The molecule has 1 aromatic carbocycles. The van der Waals surface area contributed by atoms with Gasteiger partial charge in [-0.3, -0.25) is 9.59 Å². The Morgan fingerprint density at radius 3 is 2.19 bits per heavy atom. The third kappa shape index (κ3) is 6.63. The summed E-state index contributed by atoms with van der Waals surface area (Å²) in [6.07, 6.45) is 2.10. The average Bonchev–Trinajstić information content (AvgIpc) is 2.47. The van der Waals surface area contributed by atoms with Crippen LogP contribution in [0.1, 0.15) is 32.3 Å². The van der Waals surface area contributed by atoms with E-state index in [2.05, 4.69) is 5.32 Å². The number of nitrogens with one attached hydrogen (secondary N) is 1. The van der Waals surface area contributed by atoms with Gasteiger partial charge in [0.2, 0.25) is 11.8 Å². The number of hydrogen-bond acceptors (Lipinski definition) is 2. The van der Waals surface area contributed by atoms with Crippen molar-refractivity contribution in [3.05, 3.63) is 34.9 Å². The first-order valence-corrected chi connectivity index (χ1v) is 7.73. The lowest BCUT2D eigenvalue weighted by atomic mass is 10.1. The first-order valence-electron chi connectivity index (χ1n) is 7.35. The van der Waals surface area contributed by atoms with Gasteiger partial charge in [-0.2, -0.15) is 0 Å². The second-order valence-electron chi connectivity index (χ2n) is 4.96. The van der Waals surface area contributed by atoms with Crippen LogP contribution < -0.4 is 5.32 Å². The first kappa shape index (κ1) is 17.5. The molecule has 0 aromatic heterocycles. The maximum atomic E-state index is 12.0. The Labute approximate surface area is 131 Å². The summed E-state index contributed by atoms with van der Waals surface area (Å²) in [6, 6.07) is 7.12. The molecular formula is C16H23ClN2O2. The van der Waals surface area contributed by atoms with Crippen LogP contribution in [0.3, 0.4) is 0 Å². The molecule has 116 valence electrons. The number of hydrogen-bond donors (Lipinski definition) is 1. The Bertz CT molecular complexity index is 454. The van der Waals surface area contributed by atoms with Crippen molar-refractivity contribution in [2.24, 2.45) is 0 Å². The predicted molar refractivity (Wildman–Crippen MR) is 85.3 cm³/mol. The van der Waals surface area contributed by atoms with E-state index >= 15 is 0 Å². The fraction of sp³-hybridized carbons (Fsp3) is 0.500. The molecule has 0 saturated heterocycles. The van der Waals surface area contributed by atoms with Crippen LogP contribution in [0.15, 0.2) is 24.3 Å². The molecule has 0 atom stereocenters. The van der Waals surface area contributed by atoms with E-state index in [1.54, 1.807) is 17.0 Å². The maximum Gasteiger partial charge on any atom is 0.241 e. The van der Waals surface area contributed by atoms with Gasteiger partial charge in [0.1, 0.15) is 0 Å². The van der Waals surface area contributed by atoms with Gasteiger partial charge in [0.05, 0.1) is 13.0 Å². The SMILES string of the molecule is CCCN(CCC)C(=O)CNC(=O)Cc1ccc(Cl)cc1. The highest BCUT2D eigenvalue weighted by Crippen LogP contribution is 2.09. The van der Waals surface area contributed by atoms with Crippen LogP contribution in [0.4, 0.5) is 0 Å². The Kier molecular flexibility index (Phi) is 7.83. The zero-order chi connectivity index (χ0) is 15.7. The first-order chi connectivity index (χ1) is 10.1. The second-order valence-corrected chi connectivity index (χ2v) is 5.40. The zero-order valence-electron chi connectivity index (χ0n) is 12.7. The summed E-state index contributed by atoms with van der Waals surface area (Å²) in [5.74, 6) is -0.179. The topological polar surface area (TPSA) is 49.4 Å². The number of carbonyl (C=O) groups excluding carboxylic acids is 2.